The third-order valence-corrected chi connectivity index (χ3v) is 2.44. The largest absolute Gasteiger partial charge is 0.480 e. The predicted octanol–water partition coefficient (Wildman–Crippen LogP) is 1.48. The first-order valence-corrected chi connectivity index (χ1v) is 5.34. The number of aromatic nitrogens is 1. The summed E-state index contributed by atoms with van der Waals surface area (Å²) in [5.74, 6) is -0.480. The molecule has 0 saturated carbocycles. The molecule has 0 aliphatic rings. The van der Waals surface area contributed by atoms with Gasteiger partial charge in [-0.3, -0.25) is 4.79 Å². The molecule has 0 radical (unpaired) electrons. The highest BCUT2D eigenvalue weighted by atomic mass is 16.4. The molecule has 0 fully saturated rings. The second-order valence-corrected chi connectivity index (χ2v) is 3.80. The molecule has 0 saturated heterocycles. The van der Waals surface area contributed by atoms with E-state index in [-0.39, 0.29) is 6.54 Å². The number of carboxylic acids is 1. The number of likely N-dealkylation sites (N-methyl/N-ethyl adjacent to an activating group) is 1. The highest BCUT2D eigenvalue weighted by Crippen LogP contribution is 2.21. The number of hydrogen-bond acceptors (Lipinski definition) is 4. The van der Waals surface area contributed by atoms with Crippen LogP contribution in [0.25, 0.3) is 0 Å². The van der Waals surface area contributed by atoms with E-state index in [1.165, 1.54) is 0 Å². The maximum atomic E-state index is 10.8. The molecule has 90 valence electrons. The summed E-state index contributed by atoms with van der Waals surface area (Å²) in [6.07, 6.45) is 0. The molecule has 5 heteroatoms. The maximum Gasteiger partial charge on any atom is 0.323 e. The van der Waals surface area contributed by atoms with Crippen LogP contribution in [-0.4, -0.2) is 29.1 Å². The van der Waals surface area contributed by atoms with Gasteiger partial charge in [0.2, 0.25) is 0 Å². The van der Waals surface area contributed by atoms with Crippen LogP contribution in [0, 0.1) is 25.2 Å². The third-order valence-electron chi connectivity index (χ3n) is 2.44. The summed E-state index contributed by atoms with van der Waals surface area (Å²) in [6, 6.07) is 3.90. The standard InChI is InChI=1S/C12H15N3O2/c1-4-15(7-11(16)17)12-10(6-13)8(2)5-9(3)14-12/h5H,4,7H2,1-3H3,(H,16,17). The lowest BCUT2D eigenvalue weighted by molar-refractivity contribution is -0.135. The van der Waals surface area contributed by atoms with Crippen LogP contribution in [0.1, 0.15) is 23.7 Å². The van der Waals surface area contributed by atoms with Crippen molar-refractivity contribution >= 4 is 11.8 Å². The summed E-state index contributed by atoms with van der Waals surface area (Å²) in [6.45, 7) is 5.83. The van der Waals surface area contributed by atoms with Gasteiger partial charge in [-0.25, -0.2) is 4.98 Å². The minimum Gasteiger partial charge on any atom is -0.480 e. The Kier molecular flexibility index (Phi) is 4.05. The third kappa shape index (κ3) is 2.94. The van der Waals surface area contributed by atoms with Gasteiger partial charge in [0.1, 0.15) is 18.4 Å². The normalized spacial score (nSPS) is 9.76. The number of nitrogens with zero attached hydrogens (tertiary/aromatic N) is 3. The molecule has 0 aliphatic heterocycles. The van der Waals surface area contributed by atoms with Crippen molar-refractivity contribution in [2.75, 3.05) is 18.0 Å². The molecule has 0 atom stereocenters. The average Bonchev–Trinajstić information content (AvgIpc) is 2.24. The van der Waals surface area contributed by atoms with Crippen LogP contribution in [0.15, 0.2) is 6.07 Å². The summed E-state index contributed by atoms with van der Waals surface area (Å²) in [4.78, 5) is 16.6. The van der Waals surface area contributed by atoms with Crippen molar-refractivity contribution in [3.8, 4) is 6.07 Å². The van der Waals surface area contributed by atoms with Crippen LogP contribution < -0.4 is 4.90 Å². The number of carboxylic acid groups (broad SMARTS) is 1. The monoisotopic (exact) mass is 233 g/mol. The van der Waals surface area contributed by atoms with Gasteiger partial charge in [-0.1, -0.05) is 0 Å². The second-order valence-electron chi connectivity index (χ2n) is 3.80. The van der Waals surface area contributed by atoms with Crippen molar-refractivity contribution in [1.29, 1.82) is 5.26 Å². The lowest BCUT2D eigenvalue weighted by atomic mass is 10.1. The second kappa shape index (κ2) is 5.30. The summed E-state index contributed by atoms with van der Waals surface area (Å²) in [5, 5.41) is 17.9. The number of rotatable bonds is 4. The van der Waals surface area contributed by atoms with Gasteiger partial charge in [-0.2, -0.15) is 5.26 Å². The molecule has 1 aromatic rings. The van der Waals surface area contributed by atoms with E-state index in [1.54, 1.807) is 4.90 Å². The van der Waals surface area contributed by atoms with Crippen molar-refractivity contribution in [2.24, 2.45) is 0 Å². The zero-order valence-corrected chi connectivity index (χ0v) is 10.2. The zero-order valence-electron chi connectivity index (χ0n) is 10.2. The van der Waals surface area contributed by atoms with E-state index in [0.717, 1.165) is 11.3 Å². The van der Waals surface area contributed by atoms with Crippen LogP contribution in [0.2, 0.25) is 0 Å². The van der Waals surface area contributed by atoms with E-state index in [9.17, 15) is 4.79 Å². The summed E-state index contributed by atoms with van der Waals surface area (Å²) < 4.78 is 0. The van der Waals surface area contributed by atoms with Gasteiger partial charge in [0.25, 0.3) is 0 Å². The Morgan fingerprint density at radius 1 is 1.59 bits per heavy atom. The lowest BCUT2D eigenvalue weighted by Gasteiger charge is -2.21. The maximum absolute atomic E-state index is 10.8. The number of anilines is 1. The fourth-order valence-corrected chi connectivity index (χ4v) is 1.68. The predicted molar refractivity (Wildman–Crippen MR) is 63.9 cm³/mol. The molecular weight excluding hydrogens is 218 g/mol. The van der Waals surface area contributed by atoms with Crippen molar-refractivity contribution < 1.29 is 9.90 Å². The zero-order chi connectivity index (χ0) is 13.0. The van der Waals surface area contributed by atoms with E-state index in [1.807, 2.05) is 26.8 Å². The van der Waals surface area contributed by atoms with Crippen LogP contribution >= 0.6 is 0 Å². The van der Waals surface area contributed by atoms with E-state index in [4.69, 9.17) is 10.4 Å². The van der Waals surface area contributed by atoms with E-state index < -0.39 is 5.97 Å². The van der Waals surface area contributed by atoms with Gasteiger partial charge >= 0.3 is 5.97 Å². The molecule has 0 aromatic carbocycles. The molecule has 0 unspecified atom stereocenters. The minimum atomic E-state index is -0.934. The Hall–Kier alpha value is -2.09. The van der Waals surface area contributed by atoms with Gasteiger partial charge in [0.05, 0.1) is 5.56 Å². The number of aryl methyl sites for hydroxylation is 2. The number of hydrogen-bond donors (Lipinski definition) is 1. The minimum absolute atomic E-state index is 0.152. The summed E-state index contributed by atoms with van der Waals surface area (Å²) in [5.41, 5.74) is 2.04. The van der Waals surface area contributed by atoms with Gasteiger partial charge in [0, 0.05) is 12.2 Å². The Bertz CT molecular complexity index is 477. The van der Waals surface area contributed by atoms with E-state index in [0.29, 0.717) is 17.9 Å². The lowest BCUT2D eigenvalue weighted by Crippen LogP contribution is -2.31. The quantitative estimate of drug-likeness (QED) is 0.852. The summed E-state index contributed by atoms with van der Waals surface area (Å²) in [7, 11) is 0. The van der Waals surface area contributed by atoms with Crippen molar-refractivity contribution in [2.45, 2.75) is 20.8 Å². The van der Waals surface area contributed by atoms with Gasteiger partial charge in [-0.15, -0.1) is 0 Å². The topological polar surface area (TPSA) is 77.2 Å². The fourth-order valence-electron chi connectivity index (χ4n) is 1.68. The average molecular weight is 233 g/mol. The fraction of sp³-hybridized carbons (Fsp3) is 0.417. The van der Waals surface area contributed by atoms with Crippen LogP contribution in [0.4, 0.5) is 5.82 Å². The van der Waals surface area contributed by atoms with Gasteiger partial charge in [-0.05, 0) is 32.4 Å². The molecule has 1 aromatic heterocycles. The van der Waals surface area contributed by atoms with Gasteiger partial charge in [0.15, 0.2) is 0 Å². The Morgan fingerprint density at radius 2 is 2.24 bits per heavy atom. The Balaban J connectivity index is 3.27. The first kappa shape index (κ1) is 13.0. The molecule has 1 rings (SSSR count). The smallest absolute Gasteiger partial charge is 0.323 e. The number of aliphatic carboxylic acids is 1. The molecule has 0 spiro atoms. The molecular formula is C12H15N3O2. The van der Waals surface area contributed by atoms with Crippen molar-refractivity contribution in [3.63, 3.8) is 0 Å². The van der Waals surface area contributed by atoms with E-state index in [2.05, 4.69) is 11.1 Å². The van der Waals surface area contributed by atoms with Crippen molar-refractivity contribution in [1.82, 2.24) is 4.98 Å². The van der Waals surface area contributed by atoms with Crippen LogP contribution in [0.5, 0.6) is 0 Å². The first-order chi connectivity index (χ1) is 7.99. The Labute approximate surface area is 100 Å². The molecule has 5 nitrogen and oxygen atoms in total. The first-order valence-electron chi connectivity index (χ1n) is 5.34. The van der Waals surface area contributed by atoms with Crippen LogP contribution in [0.3, 0.4) is 0 Å². The molecule has 0 amide bonds. The van der Waals surface area contributed by atoms with Crippen molar-refractivity contribution in [3.05, 3.63) is 22.9 Å². The van der Waals surface area contributed by atoms with Crippen LogP contribution in [-0.2, 0) is 4.79 Å². The molecule has 17 heavy (non-hydrogen) atoms. The molecule has 0 aliphatic carbocycles. The highest BCUT2D eigenvalue weighted by molar-refractivity contribution is 5.74. The van der Waals surface area contributed by atoms with Gasteiger partial charge < -0.3 is 10.0 Å². The Morgan fingerprint density at radius 3 is 2.71 bits per heavy atom. The van der Waals surface area contributed by atoms with E-state index >= 15 is 0 Å². The highest BCUT2D eigenvalue weighted by Gasteiger charge is 2.16. The SMILES string of the molecule is CCN(CC(=O)O)c1nc(C)cc(C)c1C#N. The number of nitriles is 1. The summed E-state index contributed by atoms with van der Waals surface area (Å²) >= 11 is 0. The molecule has 1 heterocycles. The number of carbonyl (C=O) groups is 1. The number of pyridine rings is 1. The molecule has 1 N–H and O–H groups in total. The molecule has 0 bridgehead atoms.